The molecule has 4 nitrogen and oxygen atoms in total. The van der Waals surface area contributed by atoms with Gasteiger partial charge in [-0.15, -0.1) is 0 Å². The number of anilines is 1. The molecular formula is C17H19NO3. The Hall–Kier alpha value is -2.49. The van der Waals surface area contributed by atoms with Crippen LogP contribution in [0.4, 0.5) is 5.69 Å². The molecule has 0 aliphatic heterocycles. The first-order chi connectivity index (χ1) is 10.0. The predicted octanol–water partition coefficient (Wildman–Crippen LogP) is 3.96. The summed E-state index contributed by atoms with van der Waals surface area (Å²) in [5.41, 5.74) is 2.84. The molecule has 0 bridgehead atoms. The summed E-state index contributed by atoms with van der Waals surface area (Å²) in [4.78, 5) is 11.0. The van der Waals surface area contributed by atoms with Crippen molar-refractivity contribution >= 4 is 11.7 Å². The van der Waals surface area contributed by atoms with E-state index in [-0.39, 0.29) is 17.4 Å². The van der Waals surface area contributed by atoms with Gasteiger partial charge in [0.1, 0.15) is 5.75 Å². The van der Waals surface area contributed by atoms with Gasteiger partial charge < -0.3 is 15.5 Å². The van der Waals surface area contributed by atoms with Crippen LogP contribution >= 0.6 is 0 Å². The van der Waals surface area contributed by atoms with E-state index >= 15 is 0 Å². The van der Waals surface area contributed by atoms with E-state index in [1.54, 1.807) is 30.3 Å². The van der Waals surface area contributed by atoms with E-state index in [2.05, 4.69) is 5.32 Å². The summed E-state index contributed by atoms with van der Waals surface area (Å²) in [6.07, 6.45) is 0.803. The maximum atomic E-state index is 11.0. The van der Waals surface area contributed by atoms with Gasteiger partial charge >= 0.3 is 5.97 Å². The van der Waals surface area contributed by atoms with Crippen LogP contribution < -0.4 is 5.32 Å². The molecule has 2 rings (SSSR count). The standard InChI is InChI=1S/C17H19NO3/c1-3-14(13-6-4-5-7-16(13)19)18-15-9-8-12(17(20)21)10-11(15)2/h4-10,14,18-19H,3H2,1-2H3,(H,20,21). The molecule has 0 heterocycles. The molecule has 0 aromatic heterocycles. The van der Waals surface area contributed by atoms with Crippen molar-refractivity contribution in [1.29, 1.82) is 0 Å². The van der Waals surface area contributed by atoms with E-state index in [1.165, 1.54) is 0 Å². The molecule has 1 atom stereocenters. The van der Waals surface area contributed by atoms with Gasteiger partial charge in [-0.1, -0.05) is 25.1 Å². The van der Waals surface area contributed by atoms with Crippen LogP contribution in [-0.4, -0.2) is 16.2 Å². The smallest absolute Gasteiger partial charge is 0.335 e. The van der Waals surface area contributed by atoms with Gasteiger partial charge in [0.05, 0.1) is 11.6 Å². The summed E-state index contributed by atoms with van der Waals surface area (Å²) in [6, 6.07) is 12.2. The molecule has 2 aromatic carbocycles. The number of hydrogen-bond donors (Lipinski definition) is 3. The maximum Gasteiger partial charge on any atom is 0.335 e. The summed E-state index contributed by atoms with van der Waals surface area (Å²) in [6.45, 7) is 3.90. The highest BCUT2D eigenvalue weighted by atomic mass is 16.4. The number of hydrogen-bond acceptors (Lipinski definition) is 3. The molecule has 0 amide bonds. The summed E-state index contributed by atoms with van der Waals surface area (Å²) >= 11 is 0. The first-order valence-corrected chi connectivity index (χ1v) is 6.91. The number of carboxylic acids is 1. The van der Waals surface area contributed by atoms with E-state index in [9.17, 15) is 9.90 Å². The zero-order chi connectivity index (χ0) is 15.4. The average molecular weight is 285 g/mol. The van der Waals surface area contributed by atoms with Crippen LogP contribution in [-0.2, 0) is 0 Å². The highest BCUT2D eigenvalue weighted by Gasteiger charge is 2.14. The zero-order valence-corrected chi connectivity index (χ0v) is 12.1. The monoisotopic (exact) mass is 285 g/mol. The maximum absolute atomic E-state index is 11.0. The lowest BCUT2D eigenvalue weighted by Gasteiger charge is -2.21. The van der Waals surface area contributed by atoms with Crippen molar-refractivity contribution in [3.63, 3.8) is 0 Å². The molecule has 0 aliphatic rings. The second kappa shape index (κ2) is 6.31. The Bertz CT molecular complexity index is 652. The summed E-state index contributed by atoms with van der Waals surface area (Å²) in [5, 5.41) is 22.3. The van der Waals surface area contributed by atoms with Gasteiger partial charge in [-0.3, -0.25) is 0 Å². The van der Waals surface area contributed by atoms with Crippen LogP contribution in [0.3, 0.4) is 0 Å². The van der Waals surface area contributed by atoms with Gasteiger partial charge in [0.2, 0.25) is 0 Å². The molecule has 0 fully saturated rings. The van der Waals surface area contributed by atoms with Crippen molar-refractivity contribution in [2.75, 3.05) is 5.32 Å². The molecule has 3 N–H and O–H groups in total. The third kappa shape index (κ3) is 3.34. The highest BCUT2D eigenvalue weighted by molar-refractivity contribution is 5.88. The first kappa shape index (κ1) is 14.9. The first-order valence-electron chi connectivity index (χ1n) is 6.91. The van der Waals surface area contributed by atoms with Crippen molar-refractivity contribution in [2.45, 2.75) is 26.3 Å². The Labute approximate surface area is 124 Å². The molecule has 110 valence electrons. The number of nitrogens with one attached hydrogen (secondary N) is 1. The minimum atomic E-state index is -0.933. The van der Waals surface area contributed by atoms with Crippen molar-refractivity contribution in [2.24, 2.45) is 0 Å². The van der Waals surface area contributed by atoms with Gasteiger partial charge in [-0.2, -0.15) is 0 Å². The number of aromatic carboxylic acids is 1. The van der Waals surface area contributed by atoms with Crippen LogP contribution in [0.15, 0.2) is 42.5 Å². The lowest BCUT2D eigenvalue weighted by Crippen LogP contribution is -2.11. The molecular weight excluding hydrogens is 266 g/mol. The normalized spacial score (nSPS) is 11.9. The quantitative estimate of drug-likeness (QED) is 0.777. The minimum absolute atomic E-state index is 0.0272. The number of benzene rings is 2. The second-order valence-corrected chi connectivity index (χ2v) is 5.00. The number of carbonyl (C=O) groups is 1. The molecule has 0 aliphatic carbocycles. The van der Waals surface area contributed by atoms with Crippen LogP contribution in [0.5, 0.6) is 5.75 Å². The summed E-state index contributed by atoms with van der Waals surface area (Å²) in [5.74, 6) is -0.672. The van der Waals surface area contributed by atoms with E-state index < -0.39 is 5.97 Å². The minimum Gasteiger partial charge on any atom is -0.508 e. The Morgan fingerprint density at radius 3 is 2.52 bits per heavy atom. The van der Waals surface area contributed by atoms with Crippen molar-refractivity contribution in [1.82, 2.24) is 0 Å². The number of aryl methyl sites for hydroxylation is 1. The van der Waals surface area contributed by atoms with Crippen LogP contribution in [0, 0.1) is 6.92 Å². The molecule has 0 saturated carbocycles. The van der Waals surface area contributed by atoms with Crippen LogP contribution in [0.25, 0.3) is 0 Å². The fourth-order valence-corrected chi connectivity index (χ4v) is 2.33. The Balaban J connectivity index is 2.27. The number of phenolic OH excluding ortho intramolecular Hbond substituents is 1. The molecule has 4 heteroatoms. The van der Waals surface area contributed by atoms with Crippen molar-refractivity contribution < 1.29 is 15.0 Å². The topological polar surface area (TPSA) is 69.6 Å². The fourth-order valence-electron chi connectivity index (χ4n) is 2.33. The van der Waals surface area contributed by atoms with E-state index in [0.29, 0.717) is 0 Å². The Kier molecular flexibility index (Phi) is 4.48. The van der Waals surface area contributed by atoms with Gasteiger partial charge in [-0.05, 0) is 43.2 Å². The zero-order valence-electron chi connectivity index (χ0n) is 12.1. The largest absolute Gasteiger partial charge is 0.508 e. The number of para-hydroxylation sites is 1. The van der Waals surface area contributed by atoms with E-state index in [4.69, 9.17) is 5.11 Å². The fraction of sp³-hybridized carbons (Fsp3) is 0.235. The molecule has 1 unspecified atom stereocenters. The molecule has 21 heavy (non-hydrogen) atoms. The average Bonchev–Trinajstić information content (AvgIpc) is 2.47. The summed E-state index contributed by atoms with van der Waals surface area (Å²) < 4.78 is 0. The number of phenols is 1. The third-order valence-electron chi connectivity index (χ3n) is 3.52. The third-order valence-corrected chi connectivity index (χ3v) is 3.52. The molecule has 0 spiro atoms. The Morgan fingerprint density at radius 1 is 1.24 bits per heavy atom. The molecule has 2 aromatic rings. The lowest BCUT2D eigenvalue weighted by atomic mass is 10.0. The lowest BCUT2D eigenvalue weighted by molar-refractivity contribution is 0.0697. The number of rotatable bonds is 5. The molecule has 0 saturated heterocycles. The van der Waals surface area contributed by atoms with Gasteiger partial charge in [0.25, 0.3) is 0 Å². The van der Waals surface area contributed by atoms with Crippen molar-refractivity contribution in [3.8, 4) is 5.75 Å². The van der Waals surface area contributed by atoms with Gasteiger partial charge in [0, 0.05) is 11.3 Å². The highest BCUT2D eigenvalue weighted by Crippen LogP contribution is 2.30. The SMILES string of the molecule is CCC(Nc1ccc(C(=O)O)cc1C)c1ccccc1O. The van der Waals surface area contributed by atoms with E-state index in [0.717, 1.165) is 23.2 Å². The van der Waals surface area contributed by atoms with Gasteiger partial charge in [0.15, 0.2) is 0 Å². The Morgan fingerprint density at radius 2 is 1.95 bits per heavy atom. The van der Waals surface area contributed by atoms with Crippen LogP contribution in [0.1, 0.15) is 40.9 Å². The van der Waals surface area contributed by atoms with Crippen LogP contribution in [0.2, 0.25) is 0 Å². The van der Waals surface area contributed by atoms with E-state index in [1.807, 2.05) is 26.0 Å². The van der Waals surface area contributed by atoms with Crippen molar-refractivity contribution in [3.05, 3.63) is 59.2 Å². The second-order valence-electron chi connectivity index (χ2n) is 5.00. The molecule has 0 radical (unpaired) electrons. The number of aromatic hydroxyl groups is 1. The number of carboxylic acid groups (broad SMARTS) is 1. The predicted molar refractivity (Wildman–Crippen MR) is 82.9 cm³/mol. The van der Waals surface area contributed by atoms with Gasteiger partial charge in [-0.25, -0.2) is 4.79 Å². The summed E-state index contributed by atoms with van der Waals surface area (Å²) in [7, 11) is 0.